The summed E-state index contributed by atoms with van der Waals surface area (Å²) >= 11 is 3.28. The zero-order valence-corrected chi connectivity index (χ0v) is 15.5. The molecule has 140 valence electrons. The number of carbonyl (C=O) groups is 1. The highest BCUT2D eigenvalue weighted by atomic mass is 79.9. The fourth-order valence-electron chi connectivity index (χ4n) is 2.38. The van der Waals surface area contributed by atoms with Gasteiger partial charge in [-0.05, 0) is 33.6 Å². The molecule has 0 aliphatic carbocycles. The van der Waals surface area contributed by atoms with E-state index in [1.165, 1.54) is 24.3 Å². The quantitative estimate of drug-likeness (QED) is 0.431. The summed E-state index contributed by atoms with van der Waals surface area (Å²) in [6, 6.07) is 4.36. The minimum atomic E-state index is -1.20. The second-order valence-corrected chi connectivity index (χ2v) is 6.79. The van der Waals surface area contributed by atoms with Crippen LogP contribution in [0.4, 0.5) is 5.69 Å². The maximum absolute atomic E-state index is 12.3. The van der Waals surface area contributed by atoms with Crippen molar-refractivity contribution in [3.05, 3.63) is 56.8 Å². The Hall–Kier alpha value is -2.30. The van der Waals surface area contributed by atoms with Crippen LogP contribution >= 0.6 is 15.9 Å². The molecule has 0 aliphatic heterocycles. The molecule has 26 heavy (non-hydrogen) atoms. The van der Waals surface area contributed by atoms with Gasteiger partial charge in [-0.15, -0.1) is 0 Å². The van der Waals surface area contributed by atoms with Crippen molar-refractivity contribution in [3.63, 3.8) is 0 Å². The predicted molar refractivity (Wildman–Crippen MR) is 96.2 cm³/mol. The third kappa shape index (κ3) is 5.10. The monoisotopic (exact) mass is 426 g/mol. The number of aromatic nitrogens is 2. The molecule has 0 fully saturated rings. The van der Waals surface area contributed by atoms with E-state index in [-0.39, 0.29) is 11.6 Å². The minimum absolute atomic E-state index is 0.107. The molecule has 3 atom stereocenters. The highest BCUT2D eigenvalue weighted by Crippen LogP contribution is 2.20. The van der Waals surface area contributed by atoms with E-state index in [4.69, 9.17) is 0 Å². The molecule has 10 heteroatoms. The summed E-state index contributed by atoms with van der Waals surface area (Å²) in [7, 11) is 0. The Morgan fingerprint density at radius 2 is 2.08 bits per heavy atom. The van der Waals surface area contributed by atoms with Gasteiger partial charge in [-0.3, -0.25) is 19.6 Å². The van der Waals surface area contributed by atoms with Gasteiger partial charge < -0.3 is 15.5 Å². The molecular weight excluding hydrogens is 408 g/mol. The van der Waals surface area contributed by atoms with Crippen molar-refractivity contribution in [3.8, 4) is 0 Å². The predicted octanol–water partition coefficient (Wildman–Crippen LogP) is 1.40. The summed E-state index contributed by atoms with van der Waals surface area (Å²) in [6.07, 6.45) is 2.15. The third-order valence-electron chi connectivity index (χ3n) is 3.86. The number of aliphatic hydroxyl groups excluding tert-OH is 2. The number of aliphatic hydroxyl groups is 2. The molecule has 0 radical (unpaired) electrons. The van der Waals surface area contributed by atoms with Crippen molar-refractivity contribution in [2.45, 2.75) is 25.6 Å². The van der Waals surface area contributed by atoms with Gasteiger partial charge in [0.2, 0.25) is 5.91 Å². The van der Waals surface area contributed by atoms with E-state index >= 15 is 0 Å². The van der Waals surface area contributed by atoms with Crippen LogP contribution in [-0.2, 0) is 11.3 Å². The highest BCUT2D eigenvalue weighted by Gasteiger charge is 2.25. The molecule has 1 aromatic heterocycles. The molecule has 2 aromatic rings. The minimum Gasteiger partial charge on any atom is -0.394 e. The average Bonchev–Trinajstić information content (AvgIpc) is 3.03. The number of nitro groups is 1. The lowest BCUT2D eigenvalue weighted by molar-refractivity contribution is -0.384. The summed E-state index contributed by atoms with van der Waals surface area (Å²) in [5.41, 5.74) is 0.253. The van der Waals surface area contributed by atoms with E-state index < -0.39 is 29.6 Å². The molecule has 0 bridgehead atoms. The molecule has 1 aromatic carbocycles. The molecule has 1 heterocycles. The SMILES string of the molecule is CC(Cn1cc(Br)cn1)C(=O)NC(CO)C(O)c1ccc([N+](=O)[O-])cc1. The Morgan fingerprint density at radius 1 is 1.42 bits per heavy atom. The number of carbonyl (C=O) groups excluding carboxylic acids is 1. The van der Waals surface area contributed by atoms with Crippen molar-refractivity contribution in [1.82, 2.24) is 15.1 Å². The molecule has 0 saturated carbocycles. The van der Waals surface area contributed by atoms with Crippen molar-refractivity contribution in [2.75, 3.05) is 6.61 Å². The molecule has 3 unspecified atom stereocenters. The molecule has 0 spiro atoms. The van der Waals surface area contributed by atoms with E-state index in [1.807, 2.05) is 0 Å². The number of nitrogens with zero attached hydrogens (tertiary/aromatic N) is 3. The molecule has 0 saturated heterocycles. The Kier molecular flexibility index (Phi) is 6.83. The number of benzene rings is 1. The third-order valence-corrected chi connectivity index (χ3v) is 4.27. The number of hydrogen-bond donors (Lipinski definition) is 3. The highest BCUT2D eigenvalue weighted by molar-refractivity contribution is 9.10. The van der Waals surface area contributed by atoms with Crippen molar-refractivity contribution < 1.29 is 19.9 Å². The van der Waals surface area contributed by atoms with Crippen LogP contribution in [0, 0.1) is 16.0 Å². The van der Waals surface area contributed by atoms with Crippen LogP contribution in [0.15, 0.2) is 41.1 Å². The van der Waals surface area contributed by atoms with Crippen LogP contribution in [0.2, 0.25) is 0 Å². The Balaban J connectivity index is 2.00. The molecule has 9 nitrogen and oxygen atoms in total. The summed E-state index contributed by atoms with van der Waals surface area (Å²) in [6.45, 7) is 1.56. The molecule has 1 amide bonds. The first-order valence-corrected chi connectivity index (χ1v) is 8.62. The second kappa shape index (κ2) is 8.88. The topological polar surface area (TPSA) is 131 Å². The van der Waals surface area contributed by atoms with Gasteiger partial charge in [0, 0.05) is 18.3 Å². The second-order valence-electron chi connectivity index (χ2n) is 5.87. The Morgan fingerprint density at radius 3 is 2.58 bits per heavy atom. The van der Waals surface area contributed by atoms with Crippen molar-refractivity contribution in [2.24, 2.45) is 5.92 Å². The van der Waals surface area contributed by atoms with Gasteiger partial charge in [0.1, 0.15) is 6.10 Å². The average molecular weight is 427 g/mol. The van der Waals surface area contributed by atoms with Crippen LogP contribution in [0.25, 0.3) is 0 Å². The summed E-state index contributed by atoms with van der Waals surface area (Å²) in [4.78, 5) is 22.5. The van der Waals surface area contributed by atoms with Crippen LogP contribution in [-0.4, -0.2) is 43.5 Å². The van der Waals surface area contributed by atoms with Gasteiger partial charge in [-0.2, -0.15) is 5.10 Å². The lowest BCUT2D eigenvalue weighted by atomic mass is 10.0. The van der Waals surface area contributed by atoms with Crippen LogP contribution in [0.1, 0.15) is 18.6 Å². The van der Waals surface area contributed by atoms with Gasteiger partial charge >= 0.3 is 0 Å². The lowest BCUT2D eigenvalue weighted by Crippen LogP contribution is -2.44. The first kappa shape index (κ1) is 20.0. The van der Waals surface area contributed by atoms with E-state index in [1.54, 1.807) is 24.0 Å². The maximum Gasteiger partial charge on any atom is 0.269 e. The summed E-state index contributed by atoms with van der Waals surface area (Å²) < 4.78 is 2.40. The lowest BCUT2D eigenvalue weighted by Gasteiger charge is -2.24. The van der Waals surface area contributed by atoms with Gasteiger partial charge in [0.15, 0.2) is 0 Å². The van der Waals surface area contributed by atoms with Crippen LogP contribution in [0.5, 0.6) is 0 Å². The van der Waals surface area contributed by atoms with Gasteiger partial charge in [0.25, 0.3) is 5.69 Å². The van der Waals surface area contributed by atoms with Gasteiger partial charge in [-0.1, -0.05) is 6.92 Å². The van der Waals surface area contributed by atoms with Gasteiger partial charge in [0.05, 0.1) is 40.7 Å². The molecule has 2 rings (SSSR count). The Bertz CT molecular complexity index is 764. The largest absolute Gasteiger partial charge is 0.394 e. The molecule has 3 N–H and O–H groups in total. The summed E-state index contributed by atoms with van der Waals surface area (Å²) in [5.74, 6) is -0.795. The number of hydrogen-bond acceptors (Lipinski definition) is 6. The normalized spacial score (nSPS) is 14.5. The van der Waals surface area contributed by atoms with E-state index in [0.29, 0.717) is 12.1 Å². The molecule has 0 aliphatic rings. The Labute approximate surface area is 157 Å². The number of amides is 1. The number of non-ortho nitro benzene ring substituents is 1. The van der Waals surface area contributed by atoms with Crippen LogP contribution in [0.3, 0.4) is 0 Å². The fraction of sp³-hybridized carbons (Fsp3) is 0.375. The van der Waals surface area contributed by atoms with Crippen LogP contribution < -0.4 is 5.32 Å². The number of rotatable bonds is 8. The number of halogens is 1. The van der Waals surface area contributed by atoms with E-state index in [9.17, 15) is 25.1 Å². The zero-order chi connectivity index (χ0) is 19.3. The number of nitrogens with one attached hydrogen (secondary N) is 1. The standard InChI is InChI=1S/C16H19BrN4O5/c1-10(7-20-8-12(17)6-18-20)16(24)19-14(9-22)15(23)11-2-4-13(5-3-11)21(25)26/h2-6,8,10,14-15,22-23H,7,9H2,1H3,(H,19,24). The number of nitro benzene ring substituents is 1. The summed E-state index contributed by atoms with van der Waals surface area (Å²) in [5, 5.41) is 37.2. The van der Waals surface area contributed by atoms with Crippen molar-refractivity contribution in [1.29, 1.82) is 0 Å². The maximum atomic E-state index is 12.3. The first-order chi connectivity index (χ1) is 12.3. The van der Waals surface area contributed by atoms with Crippen molar-refractivity contribution >= 4 is 27.5 Å². The van der Waals surface area contributed by atoms with Gasteiger partial charge in [-0.25, -0.2) is 0 Å². The first-order valence-electron chi connectivity index (χ1n) is 7.83. The molecular formula is C16H19BrN4O5. The smallest absolute Gasteiger partial charge is 0.269 e. The van der Waals surface area contributed by atoms with E-state index in [0.717, 1.165) is 4.47 Å². The van der Waals surface area contributed by atoms with E-state index in [2.05, 4.69) is 26.3 Å². The fourth-order valence-corrected chi connectivity index (χ4v) is 2.70. The zero-order valence-electron chi connectivity index (χ0n) is 13.9.